The number of carbonyl (C=O) groups is 4. The first kappa shape index (κ1) is 34.5. The maximum Gasteiger partial charge on any atom is 0.256 e. The van der Waals surface area contributed by atoms with E-state index < -0.39 is 5.91 Å². The molecule has 0 radical (unpaired) electrons. The van der Waals surface area contributed by atoms with Crippen molar-refractivity contribution in [2.75, 3.05) is 5.32 Å². The molecule has 11 rings (SSSR count). The molecule has 0 spiro atoms. The van der Waals surface area contributed by atoms with Gasteiger partial charge in [0.15, 0.2) is 0 Å². The number of aryl methyl sites for hydroxylation is 1. The molecule has 0 atom stereocenters. The first-order chi connectivity index (χ1) is 28.2. The van der Waals surface area contributed by atoms with E-state index in [0.29, 0.717) is 38.7 Å². The van der Waals surface area contributed by atoms with E-state index in [1.54, 1.807) is 36.4 Å². The number of allylic oxidation sites excluding steroid dienone is 3. The van der Waals surface area contributed by atoms with Crippen LogP contribution in [0.15, 0.2) is 153 Å². The number of rotatable bonds is 4. The van der Waals surface area contributed by atoms with Crippen LogP contribution in [0.4, 0.5) is 5.69 Å². The third kappa shape index (κ3) is 5.22. The molecule has 0 fully saturated rings. The van der Waals surface area contributed by atoms with Crippen LogP contribution in [-0.4, -0.2) is 23.4 Å². The Hall–Kier alpha value is -6.74. The molecule has 1 aliphatic carbocycles. The third-order valence-corrected chi connectivity index (χ3v) is 13.9. The highest BCUT2D eigenvalue weighted by molar-refractivity contribution is 8.08. The van der Waals surface area contributed by atoms with E-state index in [1.807, 2.05) is 24.3 Å². The Morgan fingerprint density at radius 1 is 0.603 bits per heavy atom. The van der Waals surface area contributed by atoms with Crippen molar-refractivity contribution in [3.05, 3.63) is 182 Å². The van der Waals surface area contributed by atoms with Crippen molar-refractivity contribution >= 4 is 107 Å². The lowest BCUT2D eigenvalue weighted by atomic mass is 9.86. The van der Waals surface area contributed by atoms with Gasteiger partial charge in [-0.3, -0.25) is 19.2 Å². The van der Waals surface area contributed by atoms with Gasteiger partial charge in [0, 0.05) is 38.7 Å². The predicted octanol–water partition coefficient (Wildman–Crippen LogP) is 12.0. The van der Waals surface area contributed by atoms with Crippen LogP contribution in [0.25, 0.3) is 54.7 Å². The number of carbonyl (C=O) groups excluding carboxylic acids is 4. The number of hydrogen-bond donors (Lipinski definition) is 2. The second kappa shape index (κ2) is 12.9. The standard InChI is InChI=1S/C50H30N2O4S2/c1-25-7-3-8-27-15-18-30-22-33(21-26(2)40(30)39(25)27)51-50(56)37-13-5-12-36-44(53)47(58-46(36)37)48-45(54)43-35(11-6-14-38(43)57-48)49(55)52-34-23-31-19-16-28-9-4-10-29-17-20-32(24-34)42(31)41(28)29/h3-20,22-24H,2,21H2,1H3,(H,51,56)(H,52,55). The van der Waals surface area contributed by atoms with E-state index in [2.05, 4.69) is 90.9 Å². The first-order valence-corrected chi connectivity index (χ1v) is 20.5. The molecule has 2 heterocycles. The number of ketones is 2. The number of benzene rings is 8. The predicted molar refractivity (Wildman–Crippen MR) is 236 cm³/mol. The number of anilines is 1. The number of amides is 2. The van der Waals surface area contributed by atoms with Crippen LogP contribution < -0.4 is 10.6 Å². The number of hydrogen-bond acceptors (Lipinski definition) is 6. The highest BCUT2D eigenvalue weighted by Crippen LogP contribution is 2.51. The maximum atomic E-state index is 14.3. The Labute approximate surface area is 341 Å². The van der Waals surface area contributed by atoms with Gasteiger partial charge in [0.1, 0.15) is 0 Å². The Bertz CT molecular complexity index is 3260. The number of nitrogens with one attached hydrogen (secondary N) is 2. The molecular weight excluding hydrogens is 757 g/mol. The monoisotopic (exact) mass is 786 g/mol. The van der Waals surface area contributed by atoms with Gasteiger partial charge in [0.25, 0.3) is 11.8 Å². The summed E-state index contributed by atoms with van der Waals surface area (Å²) in [6.07, 6.45) is 2.46. The van der Waals surface area contributed by atoms with Gasteiger partial charge in [-0.15, -0.1) is 0 Å². The summed E-state index contributed by atoms with van der Waals surface area (Å²) in [7, 11) is 0. The van der Waals surface area contributed by atoms with Gasteiger partial charge in [-0.25, -0.2) is 0 Å². The molecular formula is C50H30N2O4S2. The summed E-state index contributed by atoms with van der Waals surface area (Å²) >= 11 is 2.32. The molecule has 2 aliphatic heterocycles. The average molecular weight is 787 g/mol. The minimum absolute atomic E-state index is 0.232. The smallest absolute Gasteiger partial charge is 0.256 e. The SMILES string of the molecule is C=C1CC(NC(=O)c2cccc3c2SC(=C2Sc4cccc(C(=O)Nc5cc6ccc7cccc8ccc(c5)c6c78)c4C2=O)C3=O)=Cc2ccc3cccc(C)c3c21. The number of fused-ring (bicyclic) bond motifs is 5. The summed E-state index contributed by atoms with van der Waals surface area (Å²) in [5.41, 5.74) is 6.72. The average Bonchev–Trinajstić information content (AvgIpc) is 3.75. The van der Waals surface area contributed by atoms with Crippen molar-refractivity contribution < 1.29 is 19.2 Å². The molecule has 0 saturated carbocycles. The zero-order valence-electron chi connectivity index (χ0n) is 31.0. The molecule has 3 aliphatic rings. The minimum atomic E-state index is -0.414. The molecule has 8 aromatic carbocycles. The normalized spacial score (nSPS) is 15.9. The van der Waals surface area contributed by atoms with Crippen LogP contribution >= 0.6 is 23.5 Å². The Morgan fingerprint density at radius 2 is 1.21 bits per heavy atom. The second-order valence-electron chi connectivity index (χ2n) is 15.0. The van der Waals surface area contributed by atoms with E-state index in [0.717, 1.165) is 60.8 Å². The third-order valence-electron chi connectivity index (χ3n) is 11.4. The van der Waals surface area contributed by atoms with Crippen LogP contribution in [0.5, 0.6) is 0 Å². The highest BCUT2D eigenvalue weighted by atomic mass is 32.2. The second-order valence-corrected chi connectivity index (χ2v) is 17.0. The summed E-state index contributed by atoms with van der Waals surface area (Å²) < 4.78 is 0. The van der Waals surface area contributed by atoms with Crippen molar-refractivity contribution in [2.45, 2.75) is 23.1 Å². The molecule has 0 aromatic heterocycles. The van der Waals surface area contributed by atoms with E-state index >= 15 is 0 Å². The first-order valence-electron chi connectivity index (χ1n) is 18.9. The summed E-state index contributed by atoms with van der Waals surface area (Å²) in [6, 6.07) is 39.1. The lowest BCUT2D eigenvalue weighted by molar-refractivity contribution is 0.0961. The molecule has 2 amide bonds. The van der Waals surface area contributed by atoms with Gasteiger partial charge >= 0.3 is 0 Å². The quantitative estimate of drug-likeness (QED) is 0.136. The van der Waals surface area contributed by atoms with E-state index in [4.69, 9.17) is 0 Å². The van der Waals surface area contributed by atoms with Crippen molar-refractivity contribution in [1.29, 1.82) is 0 Å². The largest absolute Gasteiger partial charge is 0.325 e. The molecule has 0 unspecified atom stereocenters. The molecule has 58 heavy (non-hydrogen) atoms. The number of thioether (sulfide) groups is 2. The summed E-state index contributed by atoms with van der Waals surface area (Å²) in [4.78, 5) is 57.7. The summed E-state index contributed by atoms with van der Waals surface area (Å²) in [5.74, 6) is -1.46. The molecule has 2 N–H and O–H groups in total. The van der Waals surface area contributed by atoms with Crippen LogP contribution in [-0.2, 0) is 0 Å². The molecule has 8 aromatic rings. The Morgan fingerprint density at radius 3 is 1.98 bits per heavy atom. The molecule has 0 bridgehead atoms. The van der Waals surface area contributed by atoms with Crippen LogP contribution in [0.1, 0.15) is 64.5 Å². The lowest BCUT2D eigenvalue weighted by Crippen LogP contribution is -2.24. The molecule has 276 valence electrons. The fraction of sp³-hybridized carbons (Fsp3) is 0.0400. The highest BCUT2D eigenvalue weighted by Gasteiger charge is 2.39. The minimum Gasteiger partial charge on any atom is -0.325 e. The zero-order chi connectivity index (χ0) is 39.4. The molecule has 6 nitrogen and oxygen atoms in total. The van der Waals surface area contributed by atoms with Crippen molar-refractivity contribution in [3.63, 3.8) is 0 Å². The topological polar surface area (TPSA) is 92.3 Å². The zero-order valence-corrected chi connectivity index (χ0v) is 32.6. The van der Waals surface area contributed by atoms with Gasteiger partial charge < -0.3 is 10.6 Å². The van der Waals surface area contributed by atoms with Crippen molar-refractivity contribution in [3.8, 4) is 0 Å². The molecule has 8 heteroatoms. The fourth-order valence-electron chi connectivity index (χ4n) is 8.84. The summed E-state index contributed by atoms with van der Waals surface area (Å²) in [5, 5.41) is 15.1. The van der Waals surface area contributed by atoms with Gasteiger partial charge in [-0.05, 0) is 115 Å². The Kier molecular flexibility index (Phi) is 7.67. The van der Waals surface area contributed by atoms with Gasteiger partial charge in [-0.1, -0.05) is 115 Å². The van der Waals surface area contributed by atoms with Gasteiger partial charge in [0.2, 0.25) is 11.6 Å². The lowest BCUT2D eigenvalue weighted by Gasteiger charge is -2.22. The van der Waals surface area contributed by atoms with E-state index in [-0.39, 0.29) is 38.4 Å². The summed E-state index contributed by atoms with van der Waals surface area (Å²) in [6.45, 7) is 6.48. The fourth-order valence-corrected chi connectivity index (χ4v) is 11.3. The van der Waals surface area contributed by atoms with Gasteiger partial charge in [-0.2, -0.15) is 0 Å². The van der Waals surface area contributed by atoms with Crippen LogP contribution in [0.2, 0.25) is 0 Å². The maximum absolute atomic E-state index is 14.3. The van der Waals surface area contributed by atoms with Gasteiger partial charge in [0.05, 0.1) is 20.9 Å². The number of Topliss-reactive ketones (excluding diaryl/α,β-unsaturated/α-hetero) is 2. The van der Waals surface area contributed by atoms with E-state index in [9.17, 15) is 19.2 Å². The van der Waals surface area contributed by atoms with Crippen molar-refractivity contribution in [2.24, 2.45) is 0 Å². The van der Waals surface area contributed by atoms with Crippen LogP contribution in [0, 0.1) is 6.92 Å². The Balaban J connectivity index is 0.874. The van der Waals surface area contributed by atoms with Crippen LogP contribution in [0.3, 0.4) is 0 Å². The van der Waals surface area contributed by atoms with Crippen molar-refractivity contribution in [1.82, 2.24) is 5.32 Å². The van der Waals surface area contributed by atoms with E-state index in [1.165, 1.54) is 28.1 Å². The molecule has 0 saturated heterocycles.